The van der Waals surface area contributed by atoms with Gasteiger partial charge >= 0.3 is 0 Å². The monoisotopic (exact) mass is 427 g/mol. The van der Waals surface area contributed by atoms with Crippen molar-refractivity contribution in [2.75, 3.05) is 0 Å². The summed E-state index contributed by atoms with van der Waals surface area (Å²) in [7, 11) is 0. The van der Waals surface area contributed by atoms with Gasteiger partial charge in [0, 0.05) is 6.54 Å². The molecule has 0 aliphatic rings. The maximum Gasteiger partial charge on any atom is 0.257 e. The number of nitrogens with zero attached hydrogens (tertiary/aromatic N) is 3. The molecule has 7 nitrogen and oxygen atoms in total. The fourth-order valence-electron chi connectivity index (χ4n) is 3.03. The van der Waals surface area contributed by atoms with Crippen molar-refractivity contribution in [3.8, 4) is 0 Å². The molecule has 3 aromatic rings. The molecule has 0 spiro atoms. The van der Waals surface area contributed by atoms with Crippen LogP contribution < -0.4 is 10.6 Å². The highest BCUT2D eigenvalue weighted by molar-refractivity contribution is 5.98. The minimum Gasteiger partial charge on any atom is -0.350 e. The third-order valence-electron chi connectivity index (χ3n) is 4.73. The van der Waals surface area contributed by atoms with Gasteiger partial charge in [-0.2, -0.15) is 5.10 Å². The summed E-state index contributed by atoms with van der Waals surface area (Å²) in [5.41, 5.74) is 1.19. The Morgan fingerprint density at radius 3 is 2.26 bits per heavy atom. The van der Waals surface area contributed by atoms with Crippen LogP contribution in [0, 0.1) is 17.6 Å². The first kappa shape index (κ1) is 22.1. The van der Waals surface area contributed by atoms with Gasteiger partial charge in [-0.15, -0.1) is 0 Å². The second kappa shape index (κ2) is 9.92. The SMILES string of the molecule is CC(C)[C@@H](NC(=O)c1c(F)cccc1F)C(=O)NCc1ccc(Cn2cncn2)cc1. The van der Waals surface area contributed by atoms with Crippen LogP contribution in [0.2, 0.25) is 0 Å². The maximum atomic E-state index is 13.9. The van der Waals surface area contributed by atoms with Gasteiger partial charge in [-0.25, -0.2) is 18.4 Å². The molecule has 0 radical (unpaired) electrons. The number of rotatable bonds is 8. The Balaban J connectivity index is 1.60. The van der Waals surface area contributed by atoms with E-state index in [9.17, 15) is 18.4 Å². The lowest BCUT2D eigenvalue weighted by Gasteiger charge is -2.22. The van der Waals surface area contributed by atoms with Crippen LogP contribution in [0.15, 0.2) is 55.1 Å². The molecular formula is C22H23F2N5O2. The molecule has 0 fully saturated rings. The number of carbonyl (C=O) groups is 2. The smallest absolute Gasteiger partial charge is 0.257 e. The number of aromatic nitrogens is 3. The topological polar surface area (TPSA) is 88.9 Å². The van der Waals surface area contributed by atoms with E-state index in [0.717, 1.165) is 23.3 Å². The Morgan fingerprint density at radius 2 is 1.68 bits per heavy atom. The van der Waals surface area contributed by atoms with Crippen LogP contribution >= 0.6 is 0 Å². The molecule has 9 heteroatoms. The Morgan fingerprint density at radius 1 is 1.03 bits per heavy atom. The van der Waals surface area contributed by atoms with Crippen molar-refractivity contribution < 1.29 is 18.4 Å². The zero-order valence-electron chi connectivity index (χ0n) is 17.2. The first-order valence-corrected chi connectivity index (χ1v) is 9.78. The van der Waals surface area contributed by atoms with Gasteiger partial charge in [0.25, 0.3) is 5.91 Å². The van der Waals surface area contributed by atoms with Gasteiger partial charge in [0.15, 0.2) is 0 Å². The number of carbonyl (C=O) groups excluding carboxylic acids is 2. The fourth-order valence-corrected chi connectivity index (χ4v) is 3.03. The molecule has 0 bridgehead atoms. The summed E-state index contributed by atoms with van der Waals surface area (Å²) in [6.07, 6.45) is 3.09. The van der Waals surface area contributed by atoms with Crippen LogP contribution in [0.4, 0.5) is 8.78 Å². The molecule has 0 saturated carbocycles. The van der Waals surface area contributed by atoms with Crippen molar-refractivity contribution in [2.24, 2.45) is 5.92 Å². The van der Waals surface area contributed by atoms with Crippen LogP contribution in [-0.4, -0.2) is 32.6 Å². The summed E-state index contributed by atoms with van der Waals surface area (Å²) in [4.78, 5) is 28.9. The average Bonchev–Trinajstić information content (AvgIpc) is 3.24. The first-order valence-electron chi connectivity index (χ1n) is 9.78. The van der Waals surface area contributed by atoms with Gasteiger partial charge in [0.2, 0.25) is 5.91 Å². The summed E-state index contributed by atoms with van der Waals surface area (Å²) in [6.45, 7) is 4.30. The zero-order valence-corrected chi connectivity index (χ0v) is 17.2. The van der Waals surface area contributed by atoms with Gasteiger partial charge in [0.1, 0.15) is 35.9 Å². The van der Waals surface area contributed by atoms with E-state index in [2.05, 4.69) is 20.7 Å². The first-order chi connectivity index (χ1) is 14.8. The number of hydrogen-bond acceptors (Lipinski definition) is 4. The largest absolute Gasteiger partial charge is 0.350 e. The summed E-state index contributed by atoms with van der Waals surface area (Å²) < 4.78 is 29.4. The Hall–Kier alpha value is -3.62. The third kappa shape index (κ3) is 5.71. The predicted octanol–water partition coefficient (Wildman–Crippen LogP) is 2.68. The molecule has 31 heavy (non-hydrogen) atoms. The minimum atomic E-state index is -0.980. The van der Waals surface area contributed by atoms with Gasteiger partial charge in [0.05, 0.1) is 6.54 Å². The number of amides is 2. The van der Waals surface area contributed by atoms with Crippen molar-refractivity contribution in [1.29, 1.82) is 0 Å². The second-order valence-corrected chi connectivity index (χ2v) is 7.42. The fraction of sp³-hybridized carbons (Fsp3) is 0.273. The van der Waals surface area contributed by atoms with E-state index in [1.807, 2.05) is 24.3 Å². The standard InChI is InChI=1S/C22H23F2N5O2/c1-14(2)20(28-21(30)19-17(23)4-3-5-18(19)24)22(31)26-10-15-6-8-16(9-7-15)11-29-13-25-12-27-29/h3-9,12-14,20H,10-11H2,1-2H3,(H,26,31)(H,28,30)/t20-/m1/s1. The average molecular weight is 427 g/mol. The second-order valence-electron chi connectivity index (χ2n) is 7.42. The summed E-state index contributed by atoms with van der Waals surface area (Å²) in [5, 5.41) is 9.25. The number of halogens is 2. The molecular weight excluding hydrogens is 404 g/mol. The Kier molecular flexibility index (Phi) is 7.07. The summed E-state index contributed by atoms with van der Waals surface area (Å²) in [6, 6.07) is 9.82. The quantitative estimate of drug-likeness (QED) is 0.579. The number of nitrogens with one attached hydrogen (secondary N) is 2. The zero-order chi connectivity index (χ0) is 22.4. The van der Waals surface area contributed by atoms with Gasteiger partial charge < -0.3 is 10.6 Å². The number of benzene rings is 2. The highest BCUT2D eigenvalue weighted by Gasteiger charge is 2.27. The van der Waals surface area contributed by atoms with Gasteiger partial charge in [-0.3, -0.25) is 9.59 Å². The van der Waals surface area contributed by atoms with Crippen LogP contribution in [0.25, 0.3) is 0 Å². The maximum absolute atomic E-state index is 13.9. The lowest BCUT2D eigenvalue weighted by atomic mass is 10.0. The van der Waals surface area contributed by atoms with Crippen LogP contribution in [0.3, 0.4) is 0 Å². The summed E-state index contributed by atoms with van der Waals surface area (Å²) in [5.74, 6) is -3.66. The van der Waals surface area contributed by atoms with E-state index in [-0.39, 0.29) is 12.5 Å². The van der Waals surface area contributed by atoms with E-state index >= 15 is 0 Å². The van der Waals surface area contributed by atoms with E-state index in [1.165, 1.54) is 12.4 Å². The highest BCUT2D eigenvalue weighted by atomic mass is 19.1. The highest BCUT2D eigenvalue weighted by Crippen LogP contribution is 2.13. The molecule has 1 heterocycles. The van der Waals surface area contributed by atoms with E-state index in [1.54, 1.807) is 24.9 Å². The van der Waals surface area contributed by atoms with E-state index in [4.69, 9.17) is 0 Å². The minimum absolute atomic E-state index is 0.246. The van der Waals surface area contributed by atoms with Crippen molar-refractivity contribution in [3.63, 3.8) is 0 Å². The van der Waals surface area contributed by atoms with Gasteiger partial charge in [-0.1, -0.05) is 44.2 Å². The molecule has 1 atom stereocenters. The molecule has 2 aromatic carbocycles. The van der Waals surface area contributed by atoms with E-state index < -0.39 is 35.1 Å². The summed E-state index contributed by atoms with van der Waals surface area (Å²) >= 11 is 0. The van der Waals surface area contributed by atoms with Crippen molar-refractivity contribution >= 4 is 11.8 Å². The third-order valence-corrected chi connectivity index (χ3v) is 4.73. The van der Waals surface area contributed by atoms with Gasteiger partial charge in [-0.05, 0) is 29.2 Å². The molecule has 1 aromatic heterocycles. The molecule has 2 N–H and O–H groups in total. The van der Waals surface area contributed by atoms with Crippen molar-refractivity contribution in [2.45, 2.75) is 33.0 Å². The van der Waals surface area contributed by atoms with Crippen LogP contribution in [0.1, 0.15) is 35.3 Å². The number of hydrogen-bond donors (Lipinski definition) is 2. The molecule has 0 aliphatic carbocycles. The van der Waals surface area contributed by atoms with Crippen LogP contribution in [0.5, 0.6) is 0 Å². The Labute approximate surface area is 178 Å². The molecule has 0 unspecified atom stereocenters. The molecule has 162 valence electrons. The van der Waals surface area contributed by atoms with Crippen LogP contribution in [-0.2, 0) is 17.9 Å². The predicted molar refractivity (Wildman–Crippen MR) is 110 cm³/mol. The molecule has 0 aliphatic heterocycles. The normalized spacial score (nSPS) is 11.9. The molecule has 0 saturated heterocycles. The van der Waals surface area contributed by atoms with Crippen molar-refractivity contribution in [1.82, 2.24) is 25.4 Å². The lowest BCUT2D eigenvalue weighted by molar-refractivity contribution is -0.124. The van der Waals surface area contributed by atoms with Crippen molar-refractivity contribution in [3.05, 3.63) is 83.4 Å². The lowest BCUT2D eigenvalue weighted by Crippen LogP contribution is -2.49. The molecule has 3 rings (SSSR count). The molecule has 2 amide bonds. The van der Waals surface area contributed by atoms with E-state index in [0.29, 0.717) is 6.54 Å². The Bertz CT molecular complexity index is 1020.